The highest BCUT2D eigenvalue weighted by Crippen LogP contribution is 2.19. The maximum atomic E-state index is 11.4. The van der Waals surface area contributed by atoms with Crippen LogP contribution >= 0.6 is 0 Å². The van der Waals surface area contributed by atoms with E-state index in [2.05, 4.69) is 15.5 Å². The van der Waals surface area contributed by atoms with E-state index in [1.54, 1.807) is 0 Å². The Labute approximate surface area is 98.7 Å². The first kappa shape index (κ1) is 13.7. The molecule has 0 spiro atoms. The lowest BCUT2D eigenvalue weighted by Crippen LogP contribution is -2.40. The van der Waals surface area contributed by atoms with Crippen molar-refractivity contribution >= 4 is 10.2 Å². The van der Waals surface area contributed by atoms with Crippen LogP contribution in [-0.2, 0) is 10.2 Å². The van der Waals surface area contributed by atoms with Crippen LogP contribution in [0.4, 0.5) is 0 Å². The van der Waals surface area contributed by atoms with E-state index < -0.39 is 10.2 Å². The second kappa shape index (κ2) is 6.37. The molecule has 0 radical (unpaired) electrons. The minimum absolute atomic E-state index is 0.0635. The summed E-state index contributed by atoms with van der Waals surface area (Å²) >= 11 is 0. The van der Waals surface area contributed by atoms with Crippen molar-refractivity contribution in [3.8, 4) is 0 Å². The SMILES string of the molecule is CC(C)NS(=O)(=O)NCCC1=CCCCC1. The maximum absolute atomic E-state index is 11.4. The van der Waals surface area contributed by atoms with Gasteiger partial charge in [-0.1, -0.05) is 11.6 Å². The lowest BCUT2D eigenvalue weighted by molar-refractivity contribution is 0.553. The van der Waals surface area contributed by atoms with Gasteiger partial charge in [-0.3, -0.25) is 0 Å². The first-order valence-electron chi connectivity index (χ1n) is 5.94. The Kier molecular flexibility index (Phi) is 5.44. The van der Waals surface area contributed by atoms with E-state index in [1.165, 1.54) is 18.4 Å². The standard InChI is InChI=1S/C11H22N2O2S/c1-10(2)13-16(14,15)12-9-8-11-6-4-3-5-7-11/h6,10,12-13H,3-5,7-9H2,1-2H3. The fourth-order valence-electron chi connectivity index (χ4n) is 1.83. The lowest BCUT2D eigenvalue weighted by Gasteiger charge is -2.14. The maximum Gasteiger partial charge on any atom is 0.277 e. The molecule has 0 unspecified atom stereocenters. The topological polar surface area (TPSA) is 58.2 Å². The third-order valence-electron chi connectivity index (χ3n) is 2.51. The molecule has 1 rings (SSSR count). The van der Waals surface area contributed by atoms with Crippen LogP contribution in [0.25, 0.3) is 0 Å². The average molecular weight is 246 g/mol. The van der Waals surface area contributed by atoms with Crippen molar-refractivity contribution in [2.45, 2.75) is 52.0 Å². The summed E-state index contributed by atoms with van der Waals surface area (Å²) in [6.45, 7) is 4.11. The van der Waals surface area contributed by atoms with Crippen LogP contribution < -0.4 is 9.44 Å². The van der Waals surface area contributed by atoms with Crippen molar-refractivity contribution in [1.82, 2.24) is 9.44 Å². The molecule has 2 N–H and O–H groups in total. The van der Waals surface area contributed by atoms with Gasteiger partial charge in [0.15, 0.2) is 0 Å². The molecule has 0 bridgehead atoms. The molecule has 94 valence electrons. The van der Waals surface area contributed by atoms with Crippen molar-refractivity contribution in [3.05, 3.63) is 11.6 Å². The number of hydrogen-bond acceptors (Lipinski definition) is 2. The largest absolute Gasteiger partial charge is 0.277 e. The smallest absolute Gasteiger partial charge is 0.202 e. The van der Waals surface area contributed by atoms with E-state index in [1.807, 2.05) is 13.8 Å². The number of nitrogens with one attached hydrogen (secondary N) is 2. The van der Waals surface area contributed by atoms with Gasteiger partial charge in [0.25, 0.3) is 10.2 Å². The zero-order valence-corrected chi connectivity index (χ0v) is 10.9. The molecule has 1 aliphatic carbocycles. The van der Waals surface area contributed by atoms with Crippen LogP contribution in [0.3, 0.4) is 0 Å². The molecular weight excluding hydrogens is 224 g/mol. The minimum atomic E-state index is -3.31. The van der Waals surface area contributed by atoms with E-state index >= 15 is 0 Å². The first-order chi connectivity index (χ1) is 7.49. The van der Waals surface area contributed by atoms with Gasteiger partial charge in [0.1, 0.15) is 0 Å². The Bertz CT molecular complexity index is 334. The Balaban J connectivity index is 2.26. The van der Waals surface area contributed by atoms with Gasteiger partial charge >= 0.3 is 0 Å². The summed E-state index contributed by atoms with van der Waals surface area (Å²) in [7, 11) is -3.31. The predicted molar refractivity (Wildman–Crippen MR) is 66.4 cm³/mol. The minimum Gasteiger partial charge on any atom is -0.202 e. The molecule has 0 saturated heterocycles. The van der Waals surface area contributed by atoms with Crippen molar-refractivity contribution in [2.24, 2.45) is 0 Å². The fourth-order valence-corrected chi connectivity index (χ4v) is 2.90. The van der Waals surface area contributed by atoms with Gasteiger partial charge < -0.3 is 0 Å². The van der Waals surface area contributed by atoms with Crippen LogP contribution in [0, 0.1) is 0 Å². The van der Waals surface area contributed by atoms with Crippen LogP contribution in [0.1, 0.15) is 46.0 Å². The zero-order valence-electron chi connectivity index (χ0n) is 10.1. The van der Waals surface area contributed by atoms with E-state index in [4.69, 9.17) is 0 Å². The summed E-state index contributed by atoms with van der Waals surface area (Å²) in [5.74, 6) is 0. The van der Waals surface area contributed by atoms with Gasteiger partial charge in [0.2, 0.25) is 0 Å². The molecule has 0 fully saturated rings. The quantitative estimate of drug-likeness (QED) is 0.701. The molecule has 5 heteroatoms. The molecule has 0 aromatic heterocycles. The van der Waals surface area contributed by atoms with Gasteiger partial charge in [-0.05, 0) is 46.0 Å². The van der Waals surface area contributed by atoms with Crippen LogP contribution in [0.15, 0.2) is 11.6 Å². The second-order valence-electron chi connectivity index (χ2n) is 4.53. The molecule has 0 saturated carbocycles. The summed E-state index contributed by atoms with van der Waals surface area (Å²) in [5.41, 5.74) is 1.39. The second-order valence-corrected chi connectivity index (χ2v) is 6.06. The Morgan fingerprint density at radius 3 is 2.69 bits per heavy atom. The number of rotatable bonds is 6. The van der Waals surface area contributed by atoms with Crippen molar-refractivity contribution < 1.29 is 8.42 Å². The van der Waals surface area contributed by atoms with Crippen molar-refractivity contribution in [1.29, 1.82) is 0 Å². The molecule has 0 aromatic rings. The van der Waals surface area contributed by atoms with E-state index in [-0.39, 0.29) is 6.04 Å². The normalized spacial score (nSPS) is 17.6. The van der Waals surface area contributed by atoms with E-state index in [0.29, 0.717) is 6.54 Å². The van der Waals surface area contributed by atoms with Crippen LogP contribution in [0.5, 0.6) is 0 Å². The van der Waals surface area contributed by atoms with Gasteiger partial charge in [0, 0.05) is 12.6 Å². The predicted octanol–water partition coefficient (Wildman–Crippen LogP) is 1.71. The molecule has 4 nitrogen and oxygen atoms in total. The number of hydrogen-bond donors (Lipinski definition) is 2. The number of allylic oxidation sites excluding steroid dienone is 1. The first-order valence-corrected chi connectivity index (χ1v) is 7.43. The molecule has 0 amide bonds. The molecule has 1 aliphatic rings. The highest BCUT2D eigenvalue weighted by atomic mass is 32.2. The highest BCUT2D eigenvalue weighted by molar-refractivity contribution is 7.87. The van der Waals surface area contributed by atoms with Crippen molar-refractivity contribution in [3.63, 3.8) is 0 Å². The van der Waals surface area contributed by atoms with Gasteiger partial charge in [-0.25, -0.2) is 4.72 Å². The summed E-state index contributed by atoms with van der Waals surface area (Å²) in [4.78, 5) is 0. The summed E-state index contributed by atoms with van der Waals surface area (Å²) < 4.78 is 27.9. The molecule has 16 heavy (non-hydrogen) atoms. The Morgan fingerprint density at radius 1 is 1.38 bits per heavy atom. The molecule has 0 atom stereocenters. The lowest BCUT2D eigenvalue weighted by atomic mass is 9.97. The Morgan fingerprint density at radius 2 is 2.12 bits per heavy atom. The highest BCUT2D eigenvalue weighted by Gasteiger charge is 2.11. The van der Waals surface area contributed by atoms with Crippen molar-refractivity contribution in [2.75, 3.05) is 6.54 Å². The molecular formula is C11H22N2O2S. The fraction of sp³-hybridized carbons (Fsp3) is 0.818. The van der Waals surface area contributed by atoms with Crippen LogP contribution in [-0.4, -0.2) is 21.0 Å². The Hall–Kier alpha value is -0.390. The monoisotopic (exact) mass is 246 g/mol. The summed E-state index contributed by atoms with van der Waals surface area (Å²) in [6.07, 6.45) is 7.85. The van der Waals surface area contributed by atoms with Crippen LogP contribution in [0.2, 0.25) is 0 Å². The van der Waals surface area contributed by atoms with Gasteiger partial charge in [0.05, 0.1) is 0 Å². The van der Waals surface area contributed by atoms with E-state index in [9.17, 15) is 8.42 Å². The third kappa shape index (κ3) is 5.63. The molecule has 0 heterocycles. The summed E-state index contributed by atoms with van der Waals surface area (Å²) in [6, 6.07) is -0.0635. The zero-order chi connectivity index (χ0) is 12.0. The van der Waals surface area contributed by atoms with Gasteiger partial charge in [-0.15, -0.1) is 0 Å². The molecule has 0 aromatic carbocycles. The van der Waals surface area contributed by atoms with E-state index in [0.717, 1.165) is 19.3 Å². The average Bonchev–Trinajstić information content (AvgIpc) is 2.16. The molecule has 0 aliphatic heterocycles. The van der Waals surface area contributed by atoms with Gasteiger partial charge in [-0.2, -0.15) is 13.1 Å². The summed E-state index contributed by atoms with van der Waals surface area (Å²) in [5, 5.41) is 0. The third-order valence-corrected chi connectivity index (χ3v) is 3.88.